The van der Waals surface area contributed by atoms with Gasteiger partial charge >= 0.3 is 12.1 Å². The second kappa shape index (κ2) is 9.23. The second-order valence-corrected chi connectivity index (χ2v) is 7.05. The number of halogens is 3. The summed E-state index contributed by atoms with van der Waals surface area (Å²) >= 11 is 0. The highest BCUT2D eigenvalue weighted by molar-refractivity contribution is 5.98. The van der Waals surface area contributed by atoms with Crippen molar-refractivity contribution in [1.82, 2.24) is 9.88 Å². The first-order valence-corrected chi connectivity index (χ1v) is 9.35. The van der Waals surface area contributed by atoms with Crippen molar-refractivity contribution in [3.05, 3.63) is 53.3 Å². The highest BCUT2D eigenvalue weighted by Gasteiger charge is 2.39. The minimum atomic E-state index is -4.62. The zero-order chi connectivity index (χ0) is 23.5. The maximum Gasteiger partial charge on any atom is 0.416 e. The average Bonchev–Trinajstić information content (AvgIpc) is 2.72. The fourth-order valence-corrected chi connectivity index (χ4v) is 3.37. The Bertz CT molecular complexity index is 964. The Balaban J connectivity index is 2.55. The van der Waals surface area contributed by atoms with Gasteiger partial charge in [-0.1, -0.05) is 25.1 Å². The van der Waals surface area contributed by atoms with E-state index in [1.54, 1.807) is 0 Å². The highest BCUT2D eigenvalue weighted by Crippen LogP contribution is 2.38. The summed E-state index contributed by atoms with van der Waals surface area (Å²) < 4.78 is 45.4. The second-order valence-electron chi connectivity index (χ2n) is 7.05. The average molecular weight is 440 g/mol. The Kier molecular flexibility index (Phi) is 7.14. The van der Waals surface area contributed by atoms with Crippen LogP contribution < -0.4 is 4.74 Å². The Morgan fingerprint density at radius 2 is 1.74 bits per heavy atom. The number of aromatic nitrogens is 1. The maximum atomic E-state index is 13.5. The summed E-state index contributed by atoms with van der Waals surface area (Å²) in [5.41, 5.74) is -1.41. The van der Waals surface area contributed by atoms with Gasteiger partial charge in [-0.15, -0.1) is 0 Å². The SMILES string of the molecule is COc1ccnc(C(=O)N(C(C)C(C)c2ccccc2C(F)(F)F)[C@@H](C)C(=O)O)c1O. The topological polar surface area (TPSA) is 100.0 Å². The molecule has 0 aliphatic heterocycles. The van der Waals surface area contributed by atoms with Crippen LogP contribution in [0, 0.1) is 0 Å². The van der Waals surface area contributed by atoms with E-state index in [1.807, 2.05) is 0 Å². The van der Waals surface area contributed by atoms with Crippen LogP contribution in [0.4, 0.5) is 13.2 Å². The van der Waals surface area contributed by atoms with E-state index in [0.29, 0.717) is 0 Å². The number of hydrogen-bond donors (Lipinski definition) is 2. The van der Waals surface area contributed by atoms with Crippen molar-refractivity contribution >= 4 is 11.9 Å². The van der Waals surface area contributed by atoms with Crippen LogP contribution >= 0.6 is 0 Å². The summed E-state index contributed by atoms with van der Waals surface area (Å²) in [7, 11) is 1.26. The van der Waals surface area contributed by atoms with E-state index in [-0.39, 0.29) is 11.3 Å². The van der Waals surface area contributed by atoms with Gasteiger partial charge in [0.05, 0.1) is 12.7 Å². The quantitative estimate of drug-likeness (QED) is 0.677. The molecule has 0 spiro atoms. The van der Waals surface area contributed by atoms with Crippen molar-refractivity contribution in [3.63, 3.8) is 0 Å². The summed E-state index contributed by atoms with van der Waals surface area (Å²) in [4.78, 5) is 29.6. The van der Waals surface area contributed by atoms with Gasteiger partial charge in [0.25, 0.3) is 5.91 Å². The van der Waals surface area contributed by atoms with E-state index in [9.17, 15) is 33.0 Å². The van der Waals surface area contributed by atoms with Crippen LogP contribution in [0.3, 0.4) is 0 Å². The van der Waals surface area contributed by atoms with Crippen LogP contribution in [0.2, 0.25) is 0 Å². The summed E-state index contributed by atoms with van der Waals surface area (Å²) in [6.07, 6.45) is -3.42. The number of aliphatic carboxylic acids is 1. The fraction of sp³-hybridized carbons (Fsp3) is 0.381. The standard InChI is InChI=1S/C21H23F3N2O5/c1-11(14-7-5-6-8-15(14)21(22,23)24)12(2)26(13(3)20(29)30)19(28)17-18(27)16(31-4)9-10-25-17/h5-13,27H,1-4H3,(H,29,30)/t11?,12?,13-/m0/s1. The summed E-state index contributed by atoms with van der Waals surface area (Å²) in [5.74, 6) is -3.84. The lowest BCUT2D eigenvalue weighted by molar-refractivity contribution is -0.143. The lowest BCUT2D eigenvalue weighted by Gasteiger charge is -2.36. The van der Waals surface area contributed by atoms with E-state index < -0.39 is 53.1 Å². The van der Waals surface area contributed by atoms with Crippen molar-refractivity contribution in [1.29, 1.82) is 0 Å². The number of methoxy groups -OCH3 is 1. The van der Waals surface area contributed by atoms with Gasteiger partial charge in [-0.2, -0.15) is 13.2 Å². The number of carboxylic acid groups (broad SMARTS) is 1. The number of hydrogen-bond acceptors (Lipinski definition) is 5. The molecule has 0 aliphatic rings. The van der Waals surface area contributed by atoms with E-state index in [0.717, 1.165) is 11.0 Å². The number of nitrogens with zero attached hydrogens (tertiary/aromatic N) is 2. The van der Waals surface area contributed by atoms with Crippen LogP contribution in [0.15, 0.2) is 36.5 Å². The first-order chi connectivity index (χ1) is 14.4. The number of pyridine rings is 1. The molecule has 0 bridgehead atoms. The molecular weight excluding hydrogens is 417 g/mol. The van der Waals surface area contributed by atoms with Crippen LogP contribution in [-0.4, -0.2) is 51.2 Å². The molecule has 168 valence electrons. The molecule has 0 fully saturated rings. The Morgan fingerprint density at radius 3 is 2.29 bits per heavy atom. The molecule has 3 atom stereocenters. The molecule has 0 saturated heterocycles. The van der Waals surface area contributed by atoms with Gasteiger partial charge in [0.1, 0.15) is 6.04 Å². The molecule has 2 aromatic rings. The van der Waals surface area contributed by atoms with Gasteiger partial charge in [-0.25, -0.2) is 9.78 Å². The molecule has 0 radical (unpaired) electrons. The number of rotatable bonds is 7. The van der Waals surface area contributed by atoms with E-state index in [2.05, 4.69) is 4.98 Å². The monoisotopic (exact) mass is 440 g/mol. The molecular formula is C21H23F3N2O5. The Morgan fingerprint density at radius 1 is 1.13 bits per heavy atom. The molecule has 1 aromatic heterocycles. The molecule has 31 heavy (non-hydrogen) atoms. The first kappa shape index (κ1) is 24.0. The van der Waals surface area contributed by atoms with Gasteiger partial charge in [0.15, 0.2) is 17.2 Å². The number of carbonyl (C=O) groups excluding carboxylic acids is 1. The third kappa shape index (κ3) is 4.89. The minimum absolute atomic E-state index is 0.0515. The summed E-state index contributed by atoms with van der Waals surface area (Å²) in [6.45, 7) is 4.16. The van der Waals surface area contributed by atoms with E-state index >= 15 is 0 Å². The summed E-state index contributed by atoms with van der Waals surface area (Å²) in [5, 5.41) is 19.8. The molecule has 0 saturated carbocycles. The normalized spacial score (nSPS) is 14.4. The maximum absolute atomic E-state index is 13.5. The predicted molar refractivity (Wildman–Crippen MR) is 105 cm³/mol. The number of benzene rings is 1. The Labute approximate surface area is 177 Å². The van der Waals surface area contributed by atoms with Gasteiger partial charge in [0.2, 0.25) is 0 Å². The smallest absolute Gasteiger partial charge is 0.416 e. The molecule has 1 aromatic carbocycles. The lowest BCUT2D eigenvalue weighted by Crippen LogP contribution is -2.50. The zero-order valence-corrected chi connectivity index (χ0v) is 17.3. The van der Waals surface area contributed by atoms with Crippen molar-refractivity contribution in [2.45, 2.75) is 44.9 Å². The molecule has 1 heterocycles. The third-order valence-electron chi connectivity index (χ3n) is 5.24. The van der Waals surface area contributed by atoms with Gasteiger partial charge in [0, 0.05) is 24.2 Å². The van der Waals surface area contributed by atoms with Crippen LogP contribution in [-0.2, 0) is 11.0 Å². The number of carboxylic acids is 1. The van der Waals surface area contributed by atoms with Gasteiger partial charge < -0.3 is 19.8 Å². The largest absolute Gasteiger partial charge is 0.503 e. The first-order valence-electron chi connectivity index (χ1n) is 9.35. The van der Waals surface area contributed by atoms with Gasteiger partial charge in [-0.3, -0.25) is 4.79 Å². The minimum Gasteiger partial charge on any atom is -0.503 e. The summed E-state index contributed by atoms with van der Waals surface area (Å²) in [6, 6.07) is 3.83. The lowest BCUT2D eigenvalue weighted by atomic mass is 9.88. The van der Waals surface area contributed by atoms with Crippen molar-refractivity contribution < 1.29 is 37.7 Å². The fourth-order valence-electron chi connectivity index (χ4n) is 3.37. The molecule has 2 rings (SSSR count). The van der Waals surface area contributed by atoms with Crippen molar-refractivity contribution in [2.24, 2.45) is 0 Å². The highest BCUT2D eigenvalue weighted by atomic mass is 19.4. The molecule has 1 amide bonds. The van der Waals surface area contributed by atoms with Crippen LogP contribution in [0.5, 0.6) is 11.5 Å². The number of aromatic hydroxyl groups is 1. The Hall–Kier alpha value is -3.30. The molecule has 10 heteroatoms. The van der Waals surface area contributed by atoms with Crippen LogP contribution in [0.1, 0.15) is 48.3 Å². The predicted octanol–water partition coefficient (Wildman–Crippen LogP) is 3.92. The zero-order valence-electron chi connectivity index (χ0n) is 17.3. The number of alkyl halides is 3. The number of ether oxygens (including phenoxy) is 1. The molecule has 7 nitrogen and oxygen atoms in total. The molecule has 2 unspecified atom stereocenters. The van der Waals surface area contributed by atoms with Crippen molar-refractivity contribution in [2.75, 3.05) is 7.11 Å². The van der Waals surface area contributed by atoms with Crippen molar-refractivity contribution in [3.8, 4) is 11.5 Å². The third-order valence-corrected chi connectivity index (χ3v) is 5.24. The van der Waals surface area contributed by atoms with E-state index in [1.165, 1.54) is 58.3 Å². The van der Waals surface area contributed by atoms with Gasteiger partial charge in [-0.05, 0) is 25.5 Å². The number of amides is 1. The molecule has 2 N–H and O–H groups in total. The molecule has 0 aliphatic carbocycles. The van der Waals surface area contributed by atoms with Crippen LogP contribution in [0.25, 0.3) is 0 Å². The van der Waals surface area contributed by atoms with E-state index in [4.69, 9.17) is 4.74 Å². The number of carbonyl (C=O) groups is 2.